The van der Waals surface area contributed by atoms with Gasteiger partial charge in [0.2, 0.25) is 0 Å². The van der Waals surface area contributed by atoms with Gasteiger partial charge in [-0.2, -0.15) is 0 Å². The van der Waals surface area contributed by atoms with E-state index in [4.69, 9.17) is 0 Å². The summed E-state index contributed by atoms with van der Waals surface area (Å²) in [6, 6.07) is 0. The van der Waals surface area contributed by atoms with Gasteiger partial charge in [0.25, 0.3) is 11.1 Å². The third kappa shape index (κ3) is 1.98. The van der Waals surface area contributed by atoms with Crippen LogP contribution in [0.3, 0.4) is 0 Å². The summed E-state index contributed by atoms with van der Waals surface area (Å²) >= 11 is 0.922. The molecule has 0 unspecified atom stereocenters. The van der Waals surface area contributed by atoms with E-state index in [9.17, 15) is 9.59 Å². The average Bonchev–Trinajstić information content (AvgIpc) is 2.09. The van der Waals surface area contributed by atoms with Crippen molar-refractivity contribution in [1.82, 2.24) is 10.2 Å². The van der Waals surface area contributed by atoms with Crippen LogP contribution < -0.4 is 5.32 Å². The van der Waals surface area contributed by atoms with Gasteiger partial charge < -0.3 is 4.90 Å². The van der Waals surface area contributed by atoms with Crippen molar-refractivity contribution in [2.45, 2.75) is 0 Å². The molecule has 1 aliphatic heterocycles. The van der Waals surface area contributed by atoms with Crippen molar-refractivity contribution in [3.05, 3.63) is 11.1 Å². The molecule has 1 heterocycles. The first-order chi connectivity index (χ1) is 5.09. The Bertz CT molecular complexity index is 235. The van der Waals surface area contributed by atoms with Gasteiger partial charge in [0.15, 0.2) is 0 Å². The zero-order valence-corrected chi connectivity index (χ0v) is 7.07. The minimum Gasteiger partial charge on any atom is -0.382 e. The topological polar surface area (TPSA) is 49.4 Å². The van der Waals surface area contributed by atoms with Gasteiger partial charge in [-0.25, -0.2) is 0 Å². The highest BCUT2D eigenvalue weighted by molar-refractivity contribution is 8.18. The zero-order chi connectivity index (χ0) is 8.43. The van der Waals surface area contributed by atoms with Gasteiger partial charge in [-0.05, 0) is 11.8 Å². The molecule has 4 nitrogen and oxygen atoms in total. The molecule has 0 aromatic rings. The normalized spacial score (nSPS) is 20.7. The maximum Gasteiger partial charge on any atom is 0.290 e. The van der Waals surface area contributed by atoms with Crippen LogP contribution in [0.5, 0.6) is 0 Å². The lowest BCUT2D eigenvalue weighted by Crippen LogP contribution is -2.18. The molecular weight excluding hydrogens is 164 g/mol. The summed E-state index contributed by atoms with van der Waals surface area (Å²) in [5, 5.41) is 1.86. The number of thioether (sulfide) groups is 1. The van der Waals surface area contributed by atoms with Crippen molar-refractivity contribution in [3.63, 3.8) is 0 Å². The van der Waals surface area contributed by atoms with Crippen molar-refractivity contribution in [2.75, 3.05) is 14.1 Å². The van der Waals surface area contributed by atoms with E-state index in [1.54, 1.807) is 25.2 Å². The lowest BCUT2D eigenvalue weighted by molar-refractivity contribution is -0.115. The number of hydrogen-bond acceptors (Lipinski definition) is 4. The molecule has 5 heteroatoms. The first-order valence-electron chi connectivity index (χ1n) is 3.01. The van der Waals surface area contributed by atoms with Crippen molar-refractivity contribution in [1.29, 1.82) is 0 Å². The lowest BCUT2D eigenvalue weighted by atomic mass is 10.5. The van der Waals surface area contributed by atoms with Gasteiger partial charge in [0.1, 0.15) is 0 Å². The van der Waals surface area contributed by atoms with Crippen LogP contribution in [0.1, 0.15) is 0 Å². The molecule has 0 atom stereocenters. The number of nitrogens with one attached hydrogen (secondary N) is 1. The monoisotopic (exact) mass is 172 g/mol. The van der Waals surface area contributed by atoms with Crippen LogP contribution in [-0.4, -0.2) is 30.1 Å². The SMILES string of the molecule is CN(C)/C=C1/SC(=O)NC1=O. The molecular formula is C6H8N2O2S. The van der Waals surface area contributed by atoms with Crippen LogP contribution in [0.25, 0.3) is 0 Å². The van der Waals surface area contributed by atoms with Crippen LogP contribution in [0, 0.1) is 0 Å². The lowest BCUT2D eigenvalue weighted by Gasteiger charge is -2.03. The molecule has 1 rings (SSSR count). The summed E-state index contributed by atoms with van der Waals surface area (Å²) in [6.07, 6.45) is 1.62. The highest BCUT2D eigenvalue weighted by Gasteiger charge is 2.24. The molecule has 0 spiro atoms. The fourth-order valence-corrected chi connectivity index (χ4v) is 1.40. The molecule has 2 amide bonds. The summed E-state index contributed by atoms with van der Waals surface area (Å²) in [6.45, 7) is 0. The third-order valence-corrected chi connectivity index (χ3v) is 1.82. The molecule has 0 radical (unpaired) electrons. The van der Waals surface area contributed by atoms with Gasteiger partial charge >= 0.3 is 0 Å². The van der Waals surface area contributed by atoms with Crippen LogP contribution in [-0.2, 0) is 4.79 Å². The summed E-state index contributed by atoms with van der Waals surface area (Å²) in [7, 11) is 3.59. The van der Waals surface area contributed by atoms with Crippen LogP contribution >= 0.6 is 11.8 Å². The molecule has 0 aromatic carbocycles. The molecule has 1 N–H and O–H groups in total. The van der Waals surface area contributed by atoms with Gasteiger partial charge in [-0.3, -0.25) is 14.9 Å². The fourth-order valence-electron chi connectivity index (χ4n) is 0.646. The van der Waals surface area contributed by atoms with E-state index in [1.807, 2.05) is 0 Å². The summed E-state index contributed by atoms with van der Waals surface area (Å²) in [4.78, 5) is 23.7. The van der Waals surface area contributed by atoms with Crippen LogP contribution in [0.2, 0.25) is 0 Å². The Balaban J connectivity index is 2.75. The van der Waals surface area contributed by atoms with Crippen molar-refractivity contribution >= 4 is 22.9 Å². The van der Waals surface area contributed by atoms with Gasteiger partial charge in [0.05, 0.1) is 4.91 Å². The Labute approximate surface area is 68.6 Å². The molecule has 11 heavy (non-hydrogen) atoms. The second-order valence-electron chi connectivity index (χ2n) is 2.30. The highest BCUT2D eigenvalue weighted by Crippen LogP contribution is 2.22. The Morgan fingerprint density at radius 3 is 2.45 bits per heavy atom. The first kappa shape index (κ1) is 8.13. The van der Waals surface area contributed by atoms with Gasteiger partial charge in [-0.1, -0.05) is 0 Å². The minimum atomic E-state index is -0.311. The Morgan fingerprint density at radius 1 is 1.45 bits per heavy atom. The second kappa shape index (κ2) is 2.96. The summed E-state index contributed by atoms with van der Waals surface area (Å²) < 4.78 is 0. The number of rotatable bonds is 1. The number of imide groups is 1. The Kier molecular flexibility index (Phi) is 2.19. The van der Waals surface area contributed by atoms with E-state index in [-0.39, 0.29) is 11.1 Å². The molecule has 0 bridgehead atoms. The highest BCUT2D eigenvalue weighted by atomic mass is 32.2. The maximum absolute atomic E-state index is 10.9. The third-order valence-electron chi connectivity index (χ3n) is 1.02. The number of nitrogens with zero attached hydrogens (tertiary/aromatic N) is 1. The molecule has 0 saturated carbocycles. The van der Waals surface area contributed by atoms with Crippen molar-refractivity contribution in [3.8, 4) is 0 Å². The van der Waals surface area contributed by atoms with Crippen molar-refractivity contribution < 1.29 is 9.59 Å². The van der Waals surface area contributed by atoms with Crippen LogP contribution in [0.4, 0.5) is 4.79 Å². The zero-order valence-electron chi connectivity index (χ0n) is 6.25. The fraction of sp³-hybridized carbons (Fsp3) is 0.333. The quantitative estimate of drug-likeness (QED) is 0.581. The molecule has 0 aliphatic carbocycles. The first-order valence-corrected chi connectivity index (χ1v) is 3.82. The predicted molar refractivity (Wildman–Crippen MR) is 42.9 cm³/mol. The van der Waals surface area contributed by atoms with Gasteiger partial charge in [0, 0.05) is 20.3 Å². The molecule has 0 aromatic heterocycles. The van der Waals surface area contributed by atoms with E-state index >= 15 is 0 Å². The minimum absolute atomic E-state index is 0.303. The van der Waals surface area contributed by atoms with E-state index in [2.05, 4.69) is 5.32 Å². The summed E-state index contributed by atoms with van der Waals surface area (Å²) in [5.41, 5.74) is 0. The van der Waals surface area contributed by atoms with Crippen molar-refractivity contribution in [2.24, 2.45) is 0 Å². The molecule has 1 saturated heterocycles. The maximum atomic E-state index is 10.9. The molecule has 1 fully saturated rings. The molecule has 1 aliphatic rings. The second-order valence-corrected chi connectivity index (χ2v) is 3.32. The predicted octanol–water partition coefficient (Wildman–Crippen LogP) is 0.372. The van der Waals surface area contributed by atoms with E-state index in [1.165, 1.54) is 0 Å². The molecule has 60 valence electrons. The Hall–Kier alpha value is -0.970. The van der Waals surface area contributed by atoms with Gasteiger partial charge in [-0.15, -0.1) is 0 Å². The number of carbonyl (C=O) groups excluding carboxylic acids is 2. The number of carbonyl (C=O) groups is 2. The Morgan fingerprint density at radius 2 is 2.09 bits per heavy atom. The number of hydrogen-bond donors (Lipinski definition) is 1. The van der Waals surface area contributed by atoms with E-state index in [0.717, 1.165) is 11.8 Å². The summed E-state index contributed by atoms with van der Waals surface area (Å²) in [5.74, 6) is -0.311. The standard InChI is InChI=1S/C6H8N2O2S/c1-8(2)3-4-5(9)7-6(10)11-4/h3H,1-2H3,(H,7,9,10)/b4-3+. The van der Waals surface area contributed by atoms with E-state index in [0.29, 0.717) is 4.91 Å². The smallest absolute Gasteiger partial charge is 0.290 e. The van der Waals surface area contributed by atoms with Crippen LogP contribution in [0.15, 0.2) is 11.1 Å². The average molecular weight is 172 g/mol. The van der Waals surface area contributed by atoms with E-state index < -0.39 is 0 Å². The largest absolute Gasteiger partial charge is 0.382 e. The number of amides is 2.